The zero-order valence-corrected chi connectivity index (χ0v) is 11.5. The van der Waals surface area contributed by atoms with Crippen LogP contribution in [0.3, 0.4) is 0 Å². The van der Waals surface area contributed by atoms with Crippen LogP contribution >= 0.6 is 22.6 Å². The second-order valence-electron chi connectivity index (χ2n) is 4.15. The maximum atomic E-state index is 9.97. The fourth-order valence-corrected chi connectivity index (χ4v) is 1.59. The lowest BCUT2D eigenvalue weighted by Crippen LogP contribution is -2.39. The largest absolute Gasteiger partial charge is 0.390 e. The minimum Gasteiger partial charge on any atom is -0.390 e. The number of aliphatic hydroxyl groups excluding tert-OH is 1. The Balaban J connectivity index is 2.66. The summed E-state index contributed by atoms with van der Waals surface area (Å²) in [5.74, 6) is 0. The van der Waals surface area contributed by atoms with Crippen LogP contribution in [0.1, 0.15) is 19.4 Å². The summed E-state index contributed by atoms with van der Waals surface area (Å²) < 4.78 is 6.45. The van der Waals surface area contributed by atoms with E-state index >= 15 is 0 Å². The molecule has 3 heteroatoms. The number of ether oxygens (including phenoxy) is 1. The van der Waals surface area contributed by atoms with Crippen molar-refractivity contribution in [3.8, 4) is 0 Å². The van der Waals surface area contributed by atoms with Crippen LogP contribution in [0, 0.1) is 3.57 Å². The average Bonchev–Trinajstić information content (AvgIpc) is 2.21. The Labute approximate surface area is 105 Å². The molecule has 0 spiro atoms. The lowest BCUT2D eigenvalue weighted by molar-refractivity contribution is -0.0764. The number of benzene rings is 1. The predicted octanol–water partition coefficient (Wildman–Crippen LogP) is 2.62. The van der Waals surface area contributed by atoms with E-state index in [1.165, 1.54) is 3.57 Å². The Kier molecular flexibility index (Phi) is 4.55. The minimum absolute atomic E-state index is 0.484. The Bertz CT molecular complexity index is 306. The van der Waals surface area contributed by atoms with Crippen molar-refractivity contribution < 1.29 is 9.84 Å². The molecule has 1 rings (SSSR count). The molecule has 1 N–H and O–H groups in total. The SMILES string of the molecule is COC(C)(C)C(O)Cc1ccc(I)cc1. The summed E-state index contributed by atoms with van der Waals surface area (Å²) in [5, 5.41) is 9.97. The van der Waals surface area contributed by atoms with Gasteiger partial charge in [0.05, 0.1) is 11.7 Å². The highest BCUT2D eigenvalue weighted by molar-refractivity contribution is 14.1. The van der Waals surface area contributed by atoms with E-state index in [9.17, 15) is 5.11 Å². The van der Waals surface area contributed by atoms with E-state index in [-0.39, 0.29) is 0 Å². The van der Waals surface area contributed by atoms with Gasteiger partial charge in [-0.25, -0.2) is 0 Å². The van der Waals surface area contributed by atoms with Gasteiger partial charge in [0, 0.05) is 17.1 Å². The quantitative estimate of drug-likeness (QED) is 0.864. The van der Waals surface area contributed by atoms with Crippen LogP contribution in [0.4, 0.5) is 0 Å². The van der Waals surface area contributed by atoms with Crippen LogP contribution in [0.15, 0.2) is 24.3 Å². The van der Waals surface area contributed by atoms with E-state index in [0.29, 0.717) is 6.42 Å². The Morgan fingerprint density at radius 1 is 1.33 bits per heavy atom. The van der Waals surface area contributed by atoms with E-state index in [4.69, 9.17) is 4.74 Å². The Morgan fingerprint density at radius 3 is 2.33 bits per heavy atom. The first-order valence-electron chi connectivity index (χ1n) is 4.93. The highest BCUT2D eigenvalue weighted by Gasteiger charge is 2.27. The van der Waals surface area contributed by atoms with Crippen LogP contribution < -0.4 is 0 Å². The van der Waals surface area contributed by atoms with Crippen LogP contribution in [0.25, 0.3) is 0 Å². The summed E-state index contributed by atoms with van der Waals surface area (Å²) in [4.78, 5) is 0. The summed E-state index contributed by atoms with van der Waals surface area (Å²) in [7, 11) is 1.62. The van der Waals surface area contributed by atoms with Gasteiger partial charge in [0.15, 0.2) is 0 Å². The number of methoxy groups -OCH3 is 1. The third kappa shape index (κ3) is 3.74. The molecule has 1 atom stereocenters. The van der Waals surface area contributed by atoms with E-state index in [2.05, 4.69) is 22.6 Å². The smallest absolute Gasteiger partial charge is 0.0883 e. The van der Waals surface area contributed by atoms with Crippen molar-refractivity contribution in [2.75, 3.05) is 7.11 Å². The molecule has 0 radical (unpaired) electrons. The molecule has 1 aromatic carbocycles. The Morgan fingerprint density at radius 2 is 1.87 bits per heavy atom. The van der Waals surface area contributed by atoms with Gasteiger partial charge in [0.1, 0.15) is 0 Å². The van der Waals surface area contributed by atoms with E-state index < -0.39 is 11.7 Å². The molecule has 0 aliphatic rings. The second kappa shape index (κ2) is 5.27. The first-order valence-corrected chi connectivity index (χ1v) is 6.01. The van der Waals surface area contributed by atoms with Crippen molar-refractivity contribution in [1.82, 2.24) is 0 Å². The van der Waals surface area contributed by atoms with Gasteiger partial charge in [0.25, 0.3) is 0 Å². The van der Waals surface area contributed by atoms with Gasteiger partial charge in [-0.2, -0.15) is 0 Å². The summed E-state index contributed by atoms with van der Waals surface area (Å²) in [6, 6.07) is 8.16. The fourth-order valence-electron chi connectivity index (χ4n) is 1.23. The van der Waals surface area contributed by atoms with E-state index in [0.717, 1.165) is 5.56 Å². The first kappa shape index (κ1) is 12.9. The monoisotopic (exact) mass is 320 g/mol. The number of hydrogen-bond acceptors (Lipinski definition) is 2. The number of aliphatic hydroxyl groups is 1. The summed E-state index contributed by atoms with van der Waals surface area (Å²) in [6.07, 6.45) is 0.139. The number of rotatable bonds is 4. The highest BCUT2D eigenvalue weighted by atomic mass is 127. The molecular formula is C12H17IO2. The van der Waals surface area contributed by atoms with E-state index in [1.54, 1.807) is 7.11 Å². The molecular weight excluding hydrogens is 303 g/mol. The molecule has 1 aromatic rings. The maximum Gasteiger partial charge on any atom is 0.0883 e. The normalized spacial score (nSPS) is 13.9. The fraction of sp³-hybridized carbons (Fsp3) is 0.500. The van der Waals surface area contributed by atoms with Crippen molar-refractivity contribution in [2.45, 2.75) is 32.0 Å². The van der Waals surface area contributed by atoms with Crippen LogP contribution in [-0.2, 0) is 11.2 Å². The van der Waals surface area contributed by atoms with Crippen molar-refractivity contribution in [2.24, 2.45) is 0 Å². The third-order valence-electron chi connectivity index (χ3n) is 2.67. The number of hydrogen-bond donors (Lipinski definition) is 1. The summed E-state index contributed by atoms with van der Waals surface area (Å²) in [5.41, 5.74) is 0.635. The molecule has 15 heavy (non-hydrogen) atoms. The molecule has 0 bridgehead atoms. The van der Waals surface area contributed by atoms with Crippen LogP contribution in [-0.4, -0.2) is 23.9 Å². The lowest BCUT2D eigenvalue weighted by atomic mass is 9.95. The second-order valence-corrected chi connectivity index (χ2v) is 5.40. The molecule has 0 fully saturated rings. The Hall–Kier alpha value is -0.130. The predicted molar refractivity (Wildman–Crippen MR) is 70.0 cm³/mol. The van der Waals surface area contributed by atoms with Gasteiger partial charge < -0.3 is 9.84 Å². The van der Waals surface area contributed by atoms with Crippen molar-refractivity contribution in [3.05, 3.63) is 33.4 Å². The average molecular weight is 320 g/mol. The molecule has 0 aromatic heterocycles. The molecule has 2 nitrogen and oxygen atoms in total. The minimum atomic E-state index is -0.497. The van der Waals surface area contributed by atoms with Gasteiger partial charge in [-0.1, -0.05) is 12.1 Å². The zero-order chi connectivity index (χ0) is 11.5. The molecule has 0 saturated carbocycles. The molecule has 0 aliphatic heterocycles. The van der Waals surface area contributed by atoms with Gasteiger partial charge in [-0.3, -0.25) is 0 Å². The van der Waals surface area contributed by atoms with Gasteiger partial charge >= 0.3 is 0 Å². The summed E-state index contributed by atoms with van der Waals surface area (Å²) in [6.45, 7) is 3.79. The van der Waals surface area contributed by atoms with Crippen molar-refractivity contribution >= 4 is 22.6 Å². The summed E-state index contributed by atoms with van der Waals surface area (Å²) >= 11 is 2.27. The van der Waals surface area contributed by atoms with Gasteiger partial charge in [-0.15, -0.1) is 0 Å². The lowest BCUT2D eigenvalue weighted by Gasteiger charge is -2.29. The molecule has 1 unspecified atom stereocenters. The molecule has 0 aliphatic carbocycles. The maximum absolute atomic E-state index is 9.97. The van der Waals surface area contributed by atoms with Gasteiger partial charge in [0.2, 0.25) is 0 Å². The molecule has 0 amide bonds. The molecule has 0 saturated heterocycles. The van der Waals surface area contributed by atoms with Crippen LogP contribution in [0.5, 0.6) is 0 Å². The zero-order valence-electron chi connectivity index (χ0n) is 9.33. The standard InChI is InChI=1S/C12H17IO2/c1-12(2,15-3)11(14)8-9-4-6-10(13)7-5-9/h4-7,11,14H,8H2,1-3H3. The van der Waals surface area contributed by atoms with Gasteiger partial charge in [-0.05, 0) is 54.1 Å². The van der Waals surface area contributed by atoms with Crippen molar-refractivity contribution in [3.63, 3.8) is 0 Å². The first-order chi connectivity index (χ1) is 6.95. The molecule has 84 valence electrons. The number of halogens is 1. The topological polar surface area (TPSA) is 29.5 Å². The molecule has 0 heterocycles. The van der Waals surface area contributed by atoms with Crippen molar-refractivity contribution in [1.29, 1.82) is 0 Å². The highest BCUT2D eigenvalue weighted by Crippen LogP contribution is 2.18. The van der Waals surface area contributed by atoms with Crippen LogP contribution in [0.2, 0.25) is 0 Å². The third-order valence-corrected chi connectivity index (χ3v) is 3.39. The van der Waals surface area contributed by atoms with E-state index in [1.807, 2.05) is 38.1 Å².